The second kappa shape index (κ2) is 6.69. The Kier molecular flexibility index (Phi) is 4.72. The molecule has 140 valence electrons. The summed E-state index contributed by atoms with van der Waals surface area (Å²) in [5.41, 5.74) is 0.0377. The fourth-order valence-electron chi connectivity index (χ4n) is 3.24. The van der Waals surface area contributed by atoms with Crippen molar-refractivity contribution in [1.29, 1.82) is 0 Å². The van der Waals surface area contributed by atoms with Gasteiger partial charge in [-0.3, -0.25) is 9.59 Å². The molecule has 1 aromatic carbocycles. The van der Waals surface area contributed by atoms with Gasteiger partial charge in [0.15, 0.2) is 0 Å². The van der Waals surface area contributed by atoms with Gasteiger partial charge in [-0.25, -0.2) is 17.5 Å². The SMILES string of the molecule is COCCN1C(=O)c2ccc(C(=O)N3CCC[C@H]3C(=O)O)cc2S1(=O)=O. The largest absolute Gasteiger partial charge is 0.480 e. The van der Waals surface area contributed by atoms with Crippen molar-refractivity contribution in [3.8, 4) is 0 Å². The quantitative estimate of drug-likeness (QED) is 0.770. The van der Waals surface area contributed by atoms with Crippen LogP contribution in [0.3, 0.4) is 0 Å². The van der Waals surface area contributed by atoms with Crippen molar-refractivity contribution in [3.63, 3.8) is 0 Å². The summed E-state index contributed by atoms with van der Waals surface area (Å²) in [5, 5.41) is 9.22. The Morgan fingerprint density at radius 1 is 1.35 bits per heavy atom. The van der Waals surface area contributed by atoms with E-state index in [4.69, 9.17) is 4.74 Å². The van der Waals surface area contributed by atoms with Gasteiger partial charge in [0, 0.05) is 19.2 Å². The van der Waals surface area contributed by atoms with E-state index in [1.54, 1.807) is 0 Å². The van der Waals surface area contributed by atoms with Crippen LogP contribution < -0.4 is 0 Å². The van der Waals surface area contributed by atoms with E-state index in [2.05, 4.69) is 0 Å². The number of nitrogens with zero attached hydrogens (tertiary/aromatic N) is 2. The van der Waals surface area contributed by atoms with E-state index >= 15 is 0 Å². The summed E-state index contributed by atoms with van der Waals surface area (Å²) in [6.45, 7) is 0.222. The van der Waals surface area contributed by atoms with E-state index < -0.39 is 33.8 Å². The minimum Gasteiger partial charge on any atom is -0.480 e. The number of carbonyl (C=O) groups is 3. The lowest BCUT2D eigenvalue weighted by atomic mass is 10.1. The lowest BCUT2D eigenvalue weighted by Gasteiger charge is -2.21. The Balaban J connectivity index is 1.95. The van der Waals surface area contributed by atoms with Gasteiger partial charge in [0.05, 0.1) is 18.7 Å². The van der Waals surface area contributed by atoms with Crippen LogP contribution in [0.25, 0.3) is 0 Å². The predicted molar refractivity (Wildman–Crippen MR) is 88.2 cm³/mol. The Bertz CT molecular complexity index is 881. The summed E-state index contributed by atoms with van der Waals surface area (Å²) in [6.07, 6.45) is 0.919. The first-order valence-corrected chi connectivity index (χ1v) is 9.47. The highest BCUT2D eigenvalue weighted by Gasteiger charge is 2.42. The molecule has 1 fully saturated rings. The number of carboxylic acid groups (broad SMARTS) is 1. The van der Waals surface area contributed by atoms with Crippen molar-refractivity contribution < 1.29 is 32.6 Å². The molecule has 0 spiro atoms. The molecule has 1 atom stereocenters. The molecule has 2 aliphatic rings. The van der Waals surface area contributed by atoms with Gasteiger partial charge in [0.1, 0.15) is 10.9 Å². The van der Waals surface area contributed by atoms with Crippen molar-refractivity contribution >= 4 is 27.8 Å². The summed E-state index contributed by atoms with van der Waals surface area (Å²) in [7, 11) is -2.67. The summed E-state index contributed by atoms with van der Waals surface area (Å²) < 4.78 is 30.7. The lowest BCUT2D eigenvalue weighted by Crippen LogP contribution is -2.40. The third-order valence-electron chi connectivity index (χ3n) is 4.55. The van der Waals surface area contributed by atoms with Crippen LogP contribution in [-0.4, -0.2) is 73.4 Å². The summed E-state index contributed by atoms with van der Waals surface area (Å²) in [4.78, 5) is 37.2. The topological polar surface area (TPSA) is 121 Å². The van der Waals surface area contributed by atoms with Crippen LogP contribution in [0.4, 0.5) is 0 Å². The van der Waals surface area contributed by atoms with Crippen molar-refractivity contribution in [2.24, 2.45) is 0 Å². The molecule has 26 heavy (non-hydrogen) atoms. The van der Waals surface area contributed by atoms with Gasteiger partial charge >= 0.3 is 5.97 Å². The number of amides is 2. The number of fused-ring (bicyclic) bond motifs is 1. The van der Waals surface area contributed by atoms with Crippen molar-refractivity contribution in [2.45, 2.75) is 23.8 Å². The molecule has 2 heterocycles. The highest BCUT2D eigenvalue weighted by Crippen LogP contribution is 2.31. The van der Waals surface area contributed by atoms with Gasteiger partial charge in [0.25, 0.3) is 21.8 Å². The summed E-state index contributed by atoms with van der Waals surface area (Å²) >= 11 is 0. The Morgan fingerprint density at radius 3 is 2.73 bits per heavy atom. The third kappa shape index (κ3) is 2.84. The number of benzene rings is 1. The van der Waals surface area contributed by atoms with Crippen LogP contribution in [0.2, 0.25) is 0 Å². The molecule has 0 aromatic heterocycles. The van der Waals surface area contributed by atoms with E-state index in [-0.39, 0.29) is 29.2 Å². The highest BCUT2D eigenvalue weighted by atomic mass is 32.2. The van der Waals surface area contributed by atoms with Crippen LogP contribution in [0, 0.1) is 0 Å². The Morgan fingerprint density at radius 2 is 2.08 bits per heavy atom. The van der Waals surface area contributed by atoms with E-state index in [1.807, 2.05) is 0 Å². The number of hydrogen-bond acceptors (Lipinski definition) is 6. The van der Waals surface area contributed by atoms with Crippen molar-refractivity contribution in [2.75, 3.05) is 26.8 Å². The third-order valence-corrected chi connectivity index (χ3v) is 6.37. The number of ether oxygens (including phenoxy) is 1. The van der Waals surface area contributed by atoms with Crippen LogP contribution >= 0.6 is 0 Å². The van der Waals surface area contributed by atoms with Crippen LogP contribution in [-0.2, 0) is 19.6 Å². The molecular weight excluding hydrogens is 364 g/mol. The average Bonchev–Trinajstić information content (AvgIpc) is 3.16. The van der Waals surface area contributed by atoms with E-state index in [0.29, 0.717) is 23.7 Å². The van der Waals surface area contributed by atoms with Crippen LogP contribution in [0.5, 0.6) is 0 Å². The maximum atomic E-state index is 12.7. The first kappa shape index (κ1) is 18.3. The van der Waals surface area contributed by atoms with Gasteiger partial charge in [0.2, 0.25) is 0 Å². The molecular formula is C16H18N2O7S. The lowest BCUT2D eigenvalue weighted by molar-refractivity contribution is -0.141. The van der Waals surface area contributed by atoms with Gasteiger partial charge < -0.3 is 14.7 Å². The molecule has 0 radical (unpaired) electrons. The minimum absolute atomic E-state index is 0.00569. The molecule has 0 unspecified atom stereocenters. The highest BCUT2D eigenvalue weighted by molar-refractivity contribution is 7.90. The number of carboxylic acids is 1. The Labute approximate surface area is 150 Å². The number of likely N-dealkylation sites (tertiary alicyclic amines) is 1. The van der Waals surface area contributed by atoms with E-state index in [0.717, 1.165) is 6.07 Å². The zero-order valence-electron chi connectivity index (χ0n) is 14.0. The number of aliphatic carboxylic acids is 1. The van der Waals surface area contributed by atoms with Gasteiger partial charge in [-0.1, -0.05) is 0 Å². The molecule has 2 amide bonds. The summed E-state index contributed by atoms with van der Waals surface area (Å²) in [6, 6.07) is 2.87. The number of rotatable bonds is 5. The molecule has 1 saturated heterocycles. The molecule has 2 aliphatic heterocycles. The Hall–Kier alpha value is -2.46. The fourth-order valence-corrected chi connectivity index (χ4v) is 4.81. The molecule has 0 bridgehead atoms. The number of methoxy groups -OCH3 is 1. The van der Waals surface area contributed by atoms with Crippen molar-refractivity contribution in [1.82, 2.24) is 9.21 Å². The van der Waals surface area contributed by atoms with Crippen molar-refractivity contribution in [3.05, 3.63) is 29.3 Å². The first-order chi connectivity index (χ1) is 12.3. The van der Waals surface area contributed by atoms with E-state index in [9.17, 15) is 27.9 Å². The van der Waals surface area contributed by atoms with Crippen LogP contribution in [0.1, 0.15) is 33.6 Å². The molecule has 1 N–H and O–H groups in total. The second-order valence-corrected chi connectivity index (χ2v) is 7.91. The van der Waals surface area contributed by atoms with Gasteiger partial charge in [-0.2, -0.15) is 0 Å². The molecule has 10 heteroatoms. The fraction of sp³-hybridized carbons (Fsp3) is 0.438. The van der Waals surface area contributed by atoms with Gasteiger partial charge in [-0.15, -0.1) is 0 Å². The van der Waals surface area contributed by atoms with Gasteiger partial charge in [-0.05, 0) is 31.0 Å². The molecule has 9 nitrogen and oxygen atoms in total. The monoisotopic (exact) mass is 382 g/mol. The van der Waals surface area contributed by atoms with Crippen LogP contribution in [0.15, 0.2) is 23.1 Å². The zero-order valence-corrected chi connectivity index (χ0v) is 14.9. The normalized spacial score (nSPS) is 21.1. The first-order valence-electron chi connectivity index (χ1n) is 8.03. The molecule has 0 saturated carbocycles. The standard InChI is InChI=1S/C16H18N2O7S/c1-25-8-7-18-15(20)11-5-4-10(9-13(11)26(18,23)24)14(19)17-6-2-3-12(17)16(21)22/h4-5,9,12H,2-3,6-8H2,1H3,(H,21,22)/t12-/m0/s1. The average molecular weight is 382 g/mol. The zero-order chi connectivity index (χ0) is 19.1. The number of sulfonamides is 1. The molecule has 1 aromatic rings. The minimum atomic E-state index is -4.06. The molecule has 0 aliphatic carbocycles. The summed E-state index contributed by atoms with van der Waals surface area (Å²) in [5.74, 6) is -2.32. The van der Waals surface area contributed by atoms with E-state index in [1.165, 1.54) is 24.1 Å². The maximum Gasteiger partial charge on any atom is 0.326 e. The number of hydrogen-bond donors (Lipinski definition) is 1. The predicted octanol–water partition coefficient (Wildman–Crippen LogP) is 0.167. The maximum absolute atomic E-state index is 12.7. The molecule has 3 rings (SSSR count). The smallest absolute Gasteiger partial charge is 0.326 e. The number of carbonyl (C=O) groups excluding carboxylic acids is 2. The second-order valence-electron chi connectivity index (χ2n) is 6.08.